The number of hydrogen-bond donors (Lipinski definition) is 2. The van der Waals surface area contributed by atoms with E-state index in [1.54, 1.807) is 18.2 Å². The van der Waals surface area contributed by atoms with Gasteiger partial charge in [-0.3, -0.25) is 0 Å². The number of fused-ring (bicyclic) bond motifs is 6. The number of anilines is 1. The van der Waals surface area contributed by atoms with Crippen LogP contribution >= 0.6 is 11.6 Å². The number of aromatic hydroxyl groups is 1. The van der Waals surface area contributed by atoms with E-state index < -0.39 is 5.82 Å². The fourth-order valence-electron chi connectivity index (χ4n) is 6.10. The van der Waals surface area contributed by atoms with Crippen LogP contribution in [0, 0.1) is 5.82 Å². The Morgan fingerprint density at radius 2 is 2.00 bits per heavy atom. The molecule has 41 heavy (non-hydrogen) atoms. The summed E-state index contributed by atoms with van der Waals surface area (Å²) in [4.78, 5) is 14.0. The van der Waals surface area contributed by atoms with Crippen molar-refractivity contribution in [2.24, 2.45) is 0 Å². The molecular formula is C32H37ClFN5O2. The Morgan fingerprint density at radius 3 is 2.83 bits per heavy atom. The monoisotopic (exact) mass is 577 g/mol. The van der Waals surface area contributed by atoms with Crippen LogP contribution in [-0.4, -0.2) is 71.4 Å². The van der Waals surface area contributed by atoms with Gasteiger partial charge >= 0.3 is 6.01 Å². The Hall–Kier alpha value is -3.20. The van der Waals surface area contributed by atoms with Gasteiger partial charge in [-0.1, -0.05) is 35.9 Å². The Morgan fingerprint density at radius 1 is 1.17 bits per heavy atom. The minimum absolute atomic E-state index is 0.0427. The van der Waals surface area contributed by atoms with Crippen molar-refractivity contribution in [1.82, 2.24) is 20.2 Å². The summed E-state index contributed by atoms with van der Waals surface area (Å²) in [6, 6.07) is 13.8. The molecule has 0 saturated carbocycles. The zero-order valence-electron chi connectivity index (χ0n) is 23.8. The van der Waals surface area contributed by atoms with Crippen LogP contribution in [0.3, 0.4) is 0 Å². The number of aromatic nitrogens is 2. The first-order valence-corrected chi connectivity index (χ1v) is 14.9. The predicted octanol–water partition coefficient (Wildman–Crippen LogP) is 6.39. The highest BCUT2D eigenvalue weighted by Crippen LogP contribution is 2.43. The standard InChI is InChI=1S/C32H37ClFN5O2/c1-19(2)38(3)12-7-13-41-32-36-30-26(31(37-32)39-18-21-9-6-10-22(39)17-35-21)16-27(33)28(29(30)34)25-15-23(40)14-20-8-4-5-11-24(20)25/h4-5,8,11,14-16,19,21-22,35,40H,6-7,9-10,12-13,17-18H2,1-3H3. The maximum absolute atomic E-state index is 16.7. The molecule has 7 rings (SSSR count). The van der Waals surface area contributed by atoms with E-state index in [9.17, 15) is 5.11 Å². The van der Waals surface area contributed by atoms with Gasteiger partial charge in [0.15, 0.2) is 5.82 Å². The van der Waals surface area contributed by atoms with Crippen molar-refractivity contribution < 1.29 is 14.2 Å². The number of nitrogens with zero attached hydrogens (tertiary/aromatic N) is 4. The van der Waals surface area contributed by atoms with E-state index in [0.717, 1.165) is 56.1 Å². The second kappa shape index (κ2) is 11.6. The molecule has 4 heterocycles. The lowest BCUT2D eigenvalue weighted by Crippen LogP contribution is -2.54. The molecule has 2 unspecified atom stereocenters. The van der Waals surface area contributed by atoms with Gasteiger partial charge in [0.1, 0.15) is 17.1 Å². The summed E-state index contributed by atoms with van der Waals surface area (Å²) in [6.45, 7) is 7.26. The van der Waals surface area contributed by atoms with Gasteiger partial charge in [-0.2, -0.15) is 9.97 Å². The summed E-state index contributed by atoms with van der Waals surface area (Å²) in [5.74, 6) is 0.159. The van der Waals surface area contributed by atoms with Crippen molar-refractivity contribution in [1.29, 1.82) is 0 Å². The van der Waals surface area contributed by atoms with Crippen LogP contribution in [0.2, 0.25) is 5.02 Å². The highest BCUT2D eigenvalue weighted by molar-refractivity contribution is 6.35. The van der Waals surface area contributed by atoms with E-state index in [0.29, 0.717) is 35.5 Å². The highest BCUT2D eigenvalue weighted by Gasteiger charge is 2.34. The van der Waals surface area contributed by atoms with Crippen LogP contribution < -0.4 is 15.0 Å². The molecule has 2 atom stereocenters. The molecule has 3 aromatic carbocycles. The van der Waals surface area contributed by atoms with Gasteiger partial charge in [0.05, 0.1) is 11.6 Å². The van der Waals surface area contributed by atoms with Crippen LogP contribution in [0.4, 0.5) is 10.2 Å². The molecule has 216 valence electrons. The van der Waals surface area contributed by atoms with Crippen LogP contribution in [0.5, 0.6) is 11.8 Å². The molecule has 0 spiro atoms. The van der Waals surface area contributed by atoms with E-state index >= 15 is 4.39 Å². The average molecular weight is 578 g/mol. The smallest absolute Gasteiger partial charge is 0.319 e. The van der Waals surface area contributed by atoms with Gasteiger partial charge in [0.25, 0.3) is 0 Å². The third-order valence-electron chi connectivity index (χ3n) is 8.59. The third-order valence-corrected chi connectivity index (χ3v) is 8.89. The zero-order valence-corrected chi connectivity index (χ0v) is 24.6. The van der Waals surface area contributed by atoms with Gasteiger partial charge in [-0.25, -0.2) is 4.39 Å². The van der Waals surface area contributed by atoms with Crippen molar-refractivity contribution in [2.45, 2.75) is 57.7 Å². The quantitative estimate of drug-likeness (QED) is 0.235. The van der Waals surface area contributed by atoms with Crippen molar-refractivity contribution in [2.75, 3.05) is 38.2 Å². The number of ether oxygens (including phenoxy) is 1. The van der Waals surface area contributed by atoms with Crippen LogP contribution in [0.1, 0.15) is 39.5 Å². The number of phenols is 1. The molecule has 4 aromatic rings. The summed E-state index contributed by atoms with van der Waals surface area (Å²) < 4.78 is 22.8. The minimum Gasteiger partial charge on any atom is -0.508 e. The molecule has 3 aliphatic heterocycles. The minimum atomic E-state index is -0.547. The fraction of sp³-hybridized carbons (Fsp3) is 0.438. The Labute approximate surface area is 245 Å². The van der Waals surface area contributed by atoms with Gasteiger partial charge in [0.2, 0.25) is 0 Å². The molecule has 0 amide bonds. The molecule has 0 aliphatic carbocycles. The Kier molecular flexibility index (Phi) is 7.90. The van der Waals surface area contributed by atoms with E-state index in [2.05, 4.69) is 41.0 Å². The zero-order chi connectivity index (χ0) is 28.7. The molecule has 2 N–H and O–H groups in total. The number of piperazine rings is 1. The van der Waals surface area contributed by atoms with Crippen LogP contribution in [0.15, 0.2) is 42.5 Å². The largest absolute Gasteiger partial charge is 0.508 e. The number of rotatable bonds is 8. The van der Waals surface area contributed by atoms with Crippen molar-refractivity contribution in [3.05, 3.63) is 53.3 Å². The van der Waals surface area contributed by atoms with Gasteiger partial charge in [0, 0.05) is 48.7 Å². The number of phenolic OH excluding ortho intramolecular Hbond substituents is 1. The molecule has 3 saturated heterocycles. The van der Waals surface area contributed by atoms with Crippen LogP contribution in [0.25, 0.3) is 32.8 Å². The number of benzene rings is 3. The first-order chi connectivity index (χ1) is 19.8. The number of nitrogens with one attached hydrogen (secondary N) is 1. The van der Waals surface area contributed by atoms with E-state index in [1.807, 2.05) is 24.3 Å². The van der Waals surface area contributed by atoms with E-state index in [-0.39, 0.29) is 33.9 Å². The summed E-state index contributed by atoms with van der Waals surface area (Å²) >= 11 is 6.87. The average Bonchev–Trinajstić information content (AvgIpc) is 3.31. The highest BCUT2D eigenvalue weighted by atomic mass is 35.5. The van der Waals surface area contributed by atoms with Crippen molar-refractivity contribution in [3.8, 4) is 22.9 Å². The molecule has 0 radical (unpaired) electrons. The molecular weight excluding hydrogens is 541 g/mol. The first-order valence-electron chi connectivity index (χ1n) is 14.5. The summed E-state index contributed by atoms with van der Waals surface area (Å²) in [5, 5.41) is 16.5. The van der Waals surface area contributed by atoms with E-state index in [4.69, 9.17) is 21.3 Å². The normalized spacial score (nSPS) is 19.0. The van der Waals surface area contributed by atoms with Gasteiger partial charge < -0.3 is 25.0 Å². The number of hydrogen-bond acceptors (Lipinski definition) is 7. The summed E-state index contributed by atoms with van der Waals surface area (Å²) in [6.07, 6.45) is 4.08. The Balaban J connectivity index is 1.47. The predicted molar refractivity (Wildman–Crippen MR) is 164 cm³/mol. The topological polar surface area (TPSA) is 73.8 Å². The second-order valence-electron chi connectivity index (χ2n) is 11.6. The van der Waals surface area contributed by atoms with Gasteiger partial charge in [-0.15, -0.1) is 0 Å². The Bertz CT molecular complexity index is 1580. The number of halogens is 2. The summed E-state index contributed by atoms with van der Waals surface area (Å²) in [5.41, 5.74) is 0.895. The maximum Gasteiger partial charge on any atom is 0.319 e. The third kappa shape index (κ3) is 5.53. The molecule has 3 aliphatic rings. The molecule has 1 aromatic heterocycles. The lowest BCUT2D eigenvalue weighted by atomic mass is 9.96. The lowest BCUT2D eigenvalue weighted by molar-refractivity contribution is 0.226. The molecule has 7 nitrogen and oxygen atoms in total. The van der Waals surface area contributed by atoms with Crippen molar-refractivity contribution >= 4 is 39.1 Å². The first kappa shape index (κ1) is 27.9. The maximum atomic E-state index is 16.7. The second-order valence-corrected chi connectivity index (χ2v) is 12.0. The molecule has 3 fully saturated rings. The lowest BCUT2D eigenvalue weighted by Gasteiger charge is -2.38. The van der Waals surface area contributed by atoms with E-state index in [1.165, 1.54) is 0 Å². The van der Waals surface area contributed by atoms with Gasteiger partial charge in [-0.05, 0) is 81.1 Å². The van der Waals surface area contributed by atoms with Crippen LogP contribution in [-0.2, 0) is 0 Å². The summed E-state index contributed by atoms with van der Waals surface area (Å²) in [7, 11) is 2.09. The SMILES string of the molecule is CC(C)N(C)CCCOc1nc(N2CC3CCCC2CN3)c2cc(Cl)c(-c3cc(O)cc4ccccc34)c(F)c2n1. The molecule has 9 heteroatoms. The molecule has 2 bridgehead atoms. The fourth-order valence-corrected chi connectivity index (χ4v) is 6.40. The van der Waals surface area contributed by atoms with Crippen molar-refractivity contribution in [3.63, 3.8) is 0 Å².